The van der Waals surface area contributed by atoms with E-state index in [2.05, 4.69) is 10.3 Å². The van der Waals surface area contributed by atoms with E-state index in [4.69, 9.17) is 4.74 Å². The lowest BCUT2D eigenvalue weighted by atomic mass is 10.2. The van der Waals surface area contributed by atoms with Crippen LogP contribution in [-0.2, 0) is 4.79 Å². The molecule has 6 heteroatoms. The highest BCUT2D eigenvalue weighted by Gasteiger charge is 2.25. The Balaban J connectivity index is 1.76. The minimum atomic E-state index is -0.142. The van der Waals surface area contributed by atoms with E-state index in [1.54, 1.807) is 24.3 Å². The first-order chi connectivity index (χ1) is 10.7. The summed E-state index contributed by atoms with van der Waals surface area (Å²) in [6, 6.07) is 5.39. The summed E-state index contributed by atoms with van der Waals surface area (Å²) in [6.45, 7) is 0. The number of benzene rings is 1. The number of carbonyl (C=O) groups is 1. The van der Waals surface area contributed by atoms with Gasteiger partial charge in [0.1, 0.15) is 0 Å². The first-order valence-electron chi connectivity index (χ1n) is 7.31. The molecule has 2 fully saturated rings. The van der Waals surface area contributed by atoms with Crippen LogP contribution in [0.3, 0.4) is 0 Å². The number of nitrogens with zero attached hydrogens (tertiary/aromatic N) is 1. The van der Waals surface area contributed by atoms with Gasteiger partial charge in [0.15, 0.2) is 16.7 Å². The van der Waals surface area contributed by atoms with Crippen molar-refractivity contribution in [1.29, 1.82) is 0 Å². The number of hydrogen-bond acceptors (Lipinski definition) is 5. The highest BCUT2D eigenvalue weighted by molar-refractivity contribution is 8.18. The average molecular weight is 318 g/mol. The van der Waals surface area contributed by atoms with Crippen molar-refractivity contribution in [3.05, 3.63) is 28.7 Å². The van der Waals surface area contributed by atoms with E-state index >= 15 is 0 Å². The van der Waals surface area contributed by atoms with E-state index in [9.17, 15) is 9.90 Å². The first-order valence-corrected chi connectivity index (χ1v) is 8.13. The third-order valence-electron chi connectivity index (χ3n) is 3.78. The molecule has 0 bridgehead atoms. The quantitative estimate of drug-likeness (QED) is 0.841. The van der Waals surface area contributed by atoms with Crippen LogP contribution in [-0.4, -0.2) is 29.3 Å². The van der Waals surface area contributed by atoms with E-state index in [1.165, 1.54) is 31.7 Å². The number of amides is 1. The van der Waals surface area contributed by atoms with Gasteiger partial charge in [-0.2, -0.15) is 0 Å². The molecule has 0 aromatic heterocycles. The van der Waals surface area contributed by atoms with Crippen molar-refractivity contribution in [2.24, 2.45) is 4.99 Å². The zero-order chi connectivity index (χ0) is 15.5. The molecule has 1 saturated heterocycles. The predicted molar refractivity (Wildman–Crippen MR) is 88.1 cm³/mol. The summed E-state index contributed by atoms with van der Waals surface area (Å²) in [4.78, 5) is 17.2. The second-order valence-corrected chi connectivity index (χ2v) is 6.40. The van der Waals surface area contributed by atoms with Crippen LogP contribution in [0.4, 0.5) is 0 Å². The number of aromatic hydroxyl groups is 1. The topological polar surface area (TPSA) is 70.9 Å². The Morgan fingerprint density at radius 1 is 1.41 bits per heavy atom. The van der Waals surface area contributed by atoms with Crippen LogP contribution in [0.15, 0.2) is 28.1 Å². The van der Waals surface area contributed by atoms with Crippen LogP contribution in [0.1, 0.15) is 31.2 Å². The zero-order valence-corrected chi connectivity index (χ0v) is 13.2. The lowest BCUT2D eigenvalue weighted by Gasteiger charge is -2.03. The number of amidine groups is 1. The molecule has 5 nitrogen and oxygen atoms in total. The van der Waals surface area contributed by atoms with Crippen LogP contribution in [0, 0.1) is 0 Å². The van der Waals surface area contributed by atoms with Crippen LogP contribution in [0.2, 0.25) is 0 Å². The molecule has 116 valence electrons. The number of carbonyl (C=O) groups excluding carboxylic acids is 1. The Kier molecular flexibility index (Phi) is 4.38. The Morgan fingerprint density at radius 3 is 2.86 bits per heavy atom. The standard InChI is InChI=1S/C16H18N2O3S/c1-21-13-7-6-10(8-12(13)19)9-14-15(20)18-16(22-14)17-11-4-2-3-5-11/h6-9,11,19H,2-5H2,1H3,(H,17,18,20)/b14-9-. The van der Waals surface area contributed by atoms with Crippen LogP contribution in [0.5, 0.6) is 11.5 Å². The van der Waals surface area contributed by atoms with Gasteiger partial charge in [0.2, 0.25) is 0 Å². The Hall–Kier alpha value is -1.95. The van der Waals surface area contributed by atoms with E-state index < -0.39 is 0 Å². The average Bonchev–Trinajstić information content (AvgIpc) is 3.10. The van der Waals surface area contributed by atoms with Crippen LogP contribution >= 0.6 is 11.8 Å². The number of phenolic OH excluding ortho intramolecular Hbond substituents is 1. The minimum absolute atomic E-state index is 0.0556. The van der Waals surface area contributed by atoms with E-state index in [1.807, 2.05) is 0 Å². The third kappa shape index (κ3) is 3.27. The van der Waals surface area contributed by atoms with Crippen molar-refractivity contribution in [2.45, 2.75) is 31.7 Å². The smallest absolute Gasteiger partial charge is 0.264 e. The normalized spacial score (nSPS) is 22.5. The van der Waals surface area contributed by atoms with Crippen molar-refractivity contribution in [3.8, 4) is 11.5 Å². The molecule has 3 rings (SSSR count). The Labute approximate surface area is 133 Å². The van der Waals surface area contributed by atoms with Gasteiger partial charge in [-0.05, 0) is 48.4 Å². The molecule has 0 unspecified atom stereocenters. The molecular weight excluding hydrogens is 300 g/mol. The van der Waals surface area contributed by atoms with Gasteiger partial charge < -0.3 is 15.2 Å². The van der Waals surface area contributed by atoms with Crippen molar-refractivity contribution in [1.82, 2.24) is 5.32 Å². The zero-order valence-electron chi connectivity index (χ0n) is 12.3. The van der Waals surface area contributed by atoms with Crippen molar-refractivity contribution in [2.75, 3.05) is 7.11 Å². The number of ether oxygens (including phenoxy) is 1. The fourth-order valence-corrected chi connectivity index (χ4v) is 3.53. The number of aliphatic imine (C=N–C) groups is 1. The second-order valence-electron chi connectivity index (χ2n) is 5.37. The largest absolute Gasteiger partial charge is 0.504 e. The Morgan fingerprint density at radius 2 is 2.18 bits per heavy atom. The molecule has 1 aromatic rings. The molecule has 1 heterocycles. The summed E-state index contributed by atoms with van der Waals surface area (Å²) >= 11 is 1.35. The van der Waals surface area contributed by atoms with Gasteiger partial charge in [0.25, 0.3) is 5.91 Å². The van der Waals surface area contributed by atoms with Crippen molar-refractivity contribution in [3.63, 3.8) is 0 Å². The molecular formula is C16H18N2O3S. The summed E-state index contributed by atoms with van der Waals surface area (Å²) in [5.41, 5.74) is 0.748. The SMILES string of the molecule is COc1ccc(/C=C2\SC(=NC3CCCC3)NC2=O)cc1O. The maximum atomic E-state index is 12.0. The molecule has 0 spiro atoms. The minimum Gasteiger partial charge on any atom is -0.504 e. The van der Waals surface area contributed by atoms with Crippen molar-refractivity contribution < 1.29 is 14.6 Å². The fraction of sp³-hybridized carbons (Fsp3) is 0.375. The molecule has 1 aliphatic heterocycles. The Bertz CT molecular complexity index is 649. The first kappa shape index (κ1) is 15.0. The van der Waals surface area contributed by atoms with E-state index in [0.29, 0.717) is 21.9 Å². The summed E-state index contributed by atoms with van der Waals surface area (Å²) in [5, 5.41) is 13.3. The lowest BCUT2D eigenvalue weighted by molar-refractivity contribution is -0.115. The number of thioether (sulfide) groups is 1. The van der Waals surface area contributed by atoms with Gasteiger partial charge in [0.05, 0.1) is 18.1 Å². The maximum absolute atomic E-state index is 12.0. The molecule has 1 aromatic carbocycles. The fourth-order valence-electron chi connectivity index (χ4n) is 2.64. The summed E-state index contributed by atoms with van der Waals surface area (Å²) in [7, 11) is 1.50. The highest BCUT2D eigenvalue weighted by Crippen LogP contribution is 2.31. The molecule has 2 N–H and O–H groups in total. The van der Waals surface area contributed by atoms with Crippen LogP contribution < -0.4 is 10.1 Å². The maximum Gasteiger partial charge on any atom is 0.264 e. The molecule has 22 heavy (non-hydrogen) atoms. The van der Waals surface area contributed by atoms with Crippen molar-refractivity contribution >= 4 is 28.9 Å². The van der Waals surface area contributed by atoms with Gasteiger partial charge in [-0.25, -0.2) is 0 Å². The molecule has 2 aliphatic rings. The molecule has 0 radical (unpaired) electrons. The number of methoxy groups -OCH3 is 1. The lowest BCUT2D eigenvalue weighted by Crippen LogP contribution is -2.21. The van der Waals surface area contributed by atoms with E-state index in [0.717, 1.165) is 18.4 Å². The summed E-state index contributed by atoms with van der Waals surface area (Å²) in [5.74, 6) is 0.325. The number of nitrogens with one attached hydrogen (secondary N) is 1. The van der Waals surface area contributed by atoms with Gasteiger partial charge in [-0.15, -0.1) is 0 Å². The monoisotopic (exact) mass is 318 g/mol. The van der Waals surface area contributed by atoms with E-state index in [-0.39, 0.29) is 11.7 Å². The van der Waals surface area contributed by atoms with Crippen LogP contribution in [0.25, 0.3) is 6.08 Å². The van der Waals surface area contributed by atoms with Gasteiger partial charge >= 0.3 is 0 Å². The summed E-state index contributed by atoms with van der Waals surface area (Å²) in [6.07, 6.45) is 6.38. The number of rotatable bonds is 3. The van der Waals surface area contributed by atoms with Gasteiger partial charge in [-0.1, -0.05) is 18.9 Å². The number of phenols is 1. The molecule has 1 saturated carbocycles. The summed E-state index contributed by atoms with van der Waals surface area (Å²) < 4.78 is 5.01. The second kappa shape index (κ2) is 6.44. The molecule has 0 atom stereocenters. The third-order valence-corrected chi connectivity index (χ3v) is 4.70. The van der Waals surface area contributed by atoms with Gasteiger partial charge in [0, 0.05) is 0 Å². The molecule has 1 aliphatic carbocycles. The number of hydrogen-bond donors (Lipinski definition) is 2. The molecule has 1 amide bonds. The predicted octanol–water partition coefficient (Wildman–Crippen LogP) is 2.90. The van der Waals surface area contributed by atoms with Gasteiger partial charge in [-0.3, -0.25) is 9.79 Å². The highest BCUT2D eigenvalue weighted by atomic mass is 32.2.